The highest BCUT2D eigenvalue weighted by molar-refractivity contribution is 7.09. The van der Waals surface area contributed by atoms with E-state index in [0.717, 1.165) is 12.2 Å². The molecule has 2 N–H and O–H groups in total. The Morgan fingerprint density at radius 2 is 2.46 bits per heavy atom. The van der Waals surface area contributed by atoms with Crippen LogP contribution in [0.4, 0.5) is 0 Å². The summed E-state index contributed by atoms with van der Waals surface area (Å²) in [6.45, 7) is 1.47. The maximum atomic E-state index is 5.59. The van der Waals surface area contributed by atoms with Crippen molar-refractivity contribution in [2.45, 2.75) is 13.1 Å². The summed E-state index contributed by atoms with van der Waals surface area (Å²) in [6.07, 6.45) is 3.94. The molecule has 0 bridgehead atoms. The maximum Gasteiger partial charge on any atom is 0.0794 e. The molecule has 0 fully saturated rings. The van der Waals surface area contributed by atoms with E-state index < -0.39 is 0 Å². The Bertz CT molecular complexity index is 364. The molecule has 2 rings (SSSR count). The molecule has 0 spiro atoms. The Morgan fingerprint density at radius 1 is 1.54 bits per heavy atom. The van der Waals surface area contributed by atoms with Gasteiger partial charge in [0.05, 0.1) is 12.1 Å². The Balaban J connectivity index is 2.18. The van der Waals surface area contributed by atoms with Gasteiger partial charge in [-0.25, -0.2) is 0 Å². The topological polar surface area (TPSA) is 43.8 Å². The lowest BCUT2D eigenvalue weighted by Crippen LogP contribution is -2.06. The van der Waals surface area contributed by atoms with Crippen molar-refractivity contribution in [3.63, 3.8) is 0 Å². The second kappa shape index (κ2) is 3.72. The van der Waals surface area contributed by atoms with Gasteiger partial charge in [0, 0.05) is 29.5 Å². The molecular formula is C9H11N3S. The normalized spacial score (nSPS) is 10.5. The van der Waals surface area contributed by atoms with Gasteiger partial charge in [-0.3, -0.25) is 4.98 Å². The Hall–Kier alpha value is -1.13. The van der Waals surface area contributed by atoms with Gasteiger partial charge >= 0.3 is 0 Å². The third-order valence-corrected chi connectivity index (χ3v) is 2.71. The van der Waals surface area contributed by atoms with Gasteiger partial charge in [0.2, 0.25) is 0 Å². The molecule has 0 saturated carbocycles. The van der Waals surface area contributed by atoms with Crippen molar-refractivity contribution >= 4 is 11.3 Å². The average molecular weight is 193 g/mol. The van der Waals surface area contributed by atoms with Crippen LogP contribution in [0.15, 0.2) is 30.0 Å². The molecule has 0 radical (unpaired) electrons. The van der Waals surface area contributed by atoms with Gasteiger partial charge in [0.15, 0.2) is 0 Å². The molecule has 2 aromatic rings. The Labute approximate surface area is 80.8 Å². The van der Waals surface area contributed by atoms with Gasteiger partial charge in [0.25, 0.3) is 0 Å². The molecule has 3 nitrogen and oxygen atoms in total. The van der Waals surface area contributed by atoms with E-state index in [-0.39, 0.29) is 0 Å². The number of nitrogens with zero attached hydrogens (tertiary/aromatic N) is 2. The predicted octanol–water partition coefficient (Wildman–Crippen LogP) is 1.45. The van der Waals surface area contributed by atoms with Crippen LogP contribution in [-0.4, -0.2) is 9.55 Å². The summed E-state index contributed by atoms with van der Waals surface area (Å²) >= 11 is 1.67. The van der Waals surface area contributed by atoms with Crippen LogP contribution >= 0.6 is 11.3 Å². The monoisotopic (exact) mass is 193 g/mol. The largest absolute Gasteiger partial charge is 0.345 e. The summed E-state index contributed by atoms with van der Waals surface area (Å²) < 4.78 is 2.15. The minimum atomic E-state index is 0.589. The summed E-state index contributed by atoms with van der Waals surface area (Å²) in [5.74, 6) is 0. The zero-order valence-electron chi connectivity index (χ0n) is 7.18. The smallest absolute Gasteiger partial charge is 0.0794 e. The van der Waals surface area contributed by atoms with Crippen molar-refractivity contribution in [1.29, 1.82) is 0 Å². The first kappa shape index (κ1) is 8.47. The van der Waals surface area contributed by atoms with Crippen LogP contribution in [0.25, 0.3) is 0 Å². The number of rotatable bonds is 3. The van der Waals surface area contributed by atoms with E-state index >= 15 is 0 Å². The van der Waals surface area contributed by atoms with E-state index in [1.807, 2.05) is 30.0 Å². The van der Waals surface area contributed by atoms with Gasteiger partial charge < -0.3 is 10.3 Å². The van der Waals surface area contributed by atoms with Crippen molar-refractivity contribution in [3.8, 4) is 0 Å². The van der Waals surface area contributed by atoms with E-state index in [9.17, 15) is 0 Å². The fourth-order valence-electron chi connectivity index (χ4n) is 1.28. The lowest BCUT2D eigenvalue weighted by Gasteiger charge is -2.04. The molecular weight excluding hydrogens is 182 g/mol. The molecule has 4 heteroatoms. The van der Waals surface area contributed by atoms with Crippen LogP contribution in [0.5, 0.6) is 0 Å². The zero-order valence-corrected chi connectivity index (χ0v) is 8.00. The molecule has 0 aliphatic carbocycles. The van der Waals surface area contributed by atoms with Gasteiger partial charge in [-0.15, -0.1) is 11.3 Å². The fraction of sp³-hybridized carbons (Fsp3) is 0.222. The van der Waals surface area contributed by atoms with E-state index in [1.165, 1.54) is 4.88 Å². The van der Waals surface area contributed by atoms with Crippen LogP contribution in [-0.2, 0) is 13.1 Å². The summed E-state index contributed by atoms with van der Waals surface area (Å²) in [7, 11) is 0. The highest BCUT2D eigenvalue weighted by Crippen LogP contribution is 2.10. The second-order valence-corrected chi connectivity index (χ2v) is 3.77. The average Bonchev–Trinajstić information content (AvgIpc) is 2.76. The first-order valence-corrected chi connectivity index (χ1v) is 4.99. The summed E-state index contributed by atoms with van der Waals surface area (Å²) in [4.78, 5) is 5.29. The van der Waals surface area contributed by atoms with Crippen molar-refractivity contribution < 1.29 is 0 Å². The van der Waals surface area contributed by atoms with Crippen molar-refractivity contribution in [2.75, 3.05) is 0 Å². The van der Waals surface area contributed by atoms with E-state index in [4.69, 9.17) is 5.73 Å². The molecule has 0 amide bonds. The van der Waals surface area contributed by atoms with Crippen LogP contribution in [0.2, 0.25) is 0 Å². The molecule has 0 saturated heterocycles. The van der Waals surface area contributed by atoms with Crippen LogP contribution < -0.4 is 5.73 Å². The number of hydrogen-bond acceptors (Lipinski definition) is 3. The van der Waals surface area contributed by atoms with Crippen molar-refractivity contribution in [3.05, 3.63) is 40.6 Å². The standard InChI is InChI=1S/C9H11N3S/c10-4-8-2-1-3-12(8)6-9-5-11-7-13-9/h1-3,5,7H,4,6,10H2. The summed E-state index contributed by atoms with van der Waals surface area (Å²) in [5.41, 5.74) is 8.60. The molecule has 0 aliphatic heterocycles. The minimum absolute atomic E-state index is 0.589. The number of nitrogens with two attached hydrogens (primary N) is 1. The van der Waals surface area contributed by atoms with Gasteiger partial charge in [-0.05, 0) is 12.1 Å². The third-order valence-electron chi connectivity index (χ3n) is 1.94. The summed E-state index contributed by atoms with van der Waals surface area (Å²) in [6, 6.07) is 4.06. The number of hydrogen-bond donors (Lipinski definition) is 1. The van der Waals surface area contributed by atoms with Gasteiger partial charge in [0.1, 0.15) is 0 Å². The Kier molecular flexibility index (Phi) is 2.42. The van der Waals surface area contributed by atoms with Crippen molar-refractivity contribution in [1.82, 2.24) is 9.55 Å². The highest BCUT2D eigenvalue weighted by Gasteiger charge is 2.00. The van der Waals surface area contributed by atoms with Gasteiger partial charge in [-0.2, -0.15) is 0 Å². The quantitative estimate of drug-likeness (QED) is 0.801. The molecule has 68 valence electrons. The molecule has 2 heterocycles. The minimum Gasteiger partial charge on any atom is -0.345 e. The maximum absolute atomic E-state index is 5.59. The SMILES string of the molecule is NCc1cccn1Cc1cncs1. The van der Waals surface area contributed by atoms with E-state index in [1.54, 1.807) is 11.3 Å². The van der Waals surface area contributed by atoms with Crippen LogP contribution in [0.1, 0.15) is 10.6 Å². The molecule has 2 aromatic heterocycles. The number of thiazole rings is 1. The van der Waals surface area contributed by atoms with Gasteiger partial charge in [-0.1, -0.05) is 0 Å². The van der Waals surface area contributed by atoms with E-state index in [2.05, 4.69) is 9.55 Å². The second-order valence-electron chi connectivity index (χ2n) is 2.80. The number of aromatic nitrogens is 2. The lowest BCUT2D eigenvalue weighted by atomic mass is 10.4. The lowest BCUT2D eigenvalue weighted by molar-refractivity contribution is 0.751. The first-order valence-electron chi connectivity index (χ1n) is 4.11. The molecule has 0 aromatic carbocycles. The molecule has 0 unspecified atom stereocenters. The highest BCUT2D eigenvalue weighted by atomic mass is 32.1. The third kappa shape index (κ3) is 1.79. The van der Waals surface area contributed by atoms with E-state index in [0.29, 0.717) is 6.54 Å². The predicted molar refractivity (Wildman–Crippen MR) is 53.5 cm³/mol. The molecule has 0 atom stereocenters. The molecule has 0 aliphatic rings. The Morgan fingerprint density at radius 3 is 3.15 bits per heavy atom. The molecule has 13 heavy (non-hydrogen) atoms. The van der Waals surface area contributed by atoms with Crippen LogP contribution in [0.3, 0.4) is 0 Å². The fourth-order valence-corrected chi connectivity index (χ4v) is 1.87. The van der Waals surface area contributed by atoms with Crippen LogP contribution in [0, 0.1) is 0 Å². The summed E-state index contributed by atoms with van der Waals surface area (Å²) in [5, 5.41) is 0. The first-order chi connectivity index (χ1) is 6.40. The van der Waals surface area contributed by atoms with Crippen molar-refractivity contribution in [2.24, 2.45) is 5.73 Å². The zero-order chi connectivity index (χ0) is 9.10.